The molecule has 0 bridgehead atoms. The van der Waals surface area contributed by atoms with E-state index in [1.165, 1.54) is 64.2 Å². The Morgan fingerprint density at radius 2 is 1.31 bits per heavy atom. The van der Waals surface area contributed by atoms with Crippen LogP contribution in [0.25, 0.3) is 0 Å². The summed E-state index contributed by atoms with van der Waals surface area (Å²) in [5, 5.41) is 0. The molecule has 1 unspecified atom stereocenters. The zero-order valence-corrected chi connectivity index (χ0v) is 11.8. The topological polar surface area (TPSA) is 0 Å². The van der Waals surface area contributed by atoms with Crippen LogP contribution in [0.1, 0.15) is 85.0 Å². The normalized spacial score (nSPS) is 13.4. The molecule has 16 heavy (non-hydrogen) atoms. The Bertz CT molecular complexity index is 146. The number of hydrogen-bond acceptors (Lipinski definition) is 0. The third-order valence-electron chi connectivity index (χ3n) is 3.26. The van der Waals surface area contributed by atoms with E-state index in [0.29, 0.717) is 0 Å². The minimum absolute atomic E-state index is 0.948. The summed E-state index contributed by atoms with van der Waals surface area (Å²) in [7, 11) is 0. The molecule has 0 aliphatic rings. The summed E-state index contributed by atoms with van der Waals surface area (Å²) in [5.41, 5.74) is 0. The first-order valence-electron chi connectivity index (χ1n) is 7.46. The molecular weight excluding hydrogens is 192 g/mol. The summed E-state index contributed by atoms with van der Waals surface area (Å²) in [4.78, 5) is 0. The Morgan fingerprint density at radius 3 is 1.94 bits per heavy atom. The maximum atomic E-state index is 2.41. The SMILES string of the molecule is CCCC/C=C/CCCCC(C)CCCC. The van der Waals surface area contributed by atoms with Gasteiger partial charge in [0.25, 0.3) is 0 Å². The quantitative estimate of drug-likeness (QED) is 0.293. The molecule has 0 N–H and O–H groups in total. The number of unbranched alkanes of at least 4 members (excludes halogenated alkanes) is 5. The van der Waals surface area contributed by atoms with Crippen LogP contribution in [-0.2, 0) is 0 Å². The second kappa shape index (κ2) is 12.8. The van der Waals surface area contributed by atoms with Gasteiger partial charge in [0.15, 0.2) is 0 Å². The van der Waals surface area contributed by atoms with Crippen LogP contribution in [0.2, 0.25) is 0 Å². The average molecular weight is 224 g/mol. The molecule has 1 atom stereocenters. The zero-order valence-electron chi connectivity index (χ0n) is 11.8. The second-order valence-corrected chi connectivity index (χ2v) is 5.15. The lowest BCUT2D eigenvalue weighted by molar-refractivity contribution is 0.450. The van der Waals surface area contributed by atoms with Crippen molar-refractivity contribution in [2.45, 2.75) is 85.0 Å². The standard InChI is InChI=1S/C16H32/c1-4-6-8-9-10-11-12-13-15-16(3)14-7-5-2/h9-10,16H,4-8,11-15H2,1-3H3/b10-9+. The number of allylic oxidation sites excluding steroid dienone is 2. The van der Waals surface area contributed by atoms with E-state index in [4.69, 9.17) is 0 Å². The van der Waals surface area contributed by atoms with Gasteiger partial charge in [0.2, 0.25) is 0 Å². The van der Waals surface area contributed by atoms with E-state index in [1.54, 1.807) is 0 Å². The van der Waals surface area contributed by atoms with Crippen molar-refractivity contribution in [3.05, 3.63) is 12.2 Å². The van der Waals surface area contributed by atoms with Crippen LogP contribution in [0.3, 0.4) is 0 Å². The van der Waals surface area contributed by atoms with Crippen molar-refractivity contribution in [3.8, 4) is 0 Å². The van der Waals surface area contributed by atoms with Gasteiger partial charge in [-0.2, -0.15) is 0 Å². The van der Waals surface area contributed by atoms with E-state index in [2.05, 4.69) is 32.9 Å². The van der Waals surface area contributed by atoms with Gasteiger partial charge in [0, 0.05) is 0 Å². The van der Waals surface area contributed by atoms with Crippen molar-refractivity contribution in [3.63, 3.8) is 0 Å². The molecule has 0 saturated carbocycles. The number of rotatable bonds is 11. The van der Waals surface area contributed by atoms with Crippen molar-refractivity contribution in [1.29, 1.82) is 0 Å². The van der Waals surface area contributed by atoms with E-state index in [-0.39, 0.29) is 0 Å². The van der Waals surface area contributed by atoms with Gasteiger partial charge in [-0.15, -0.1) is 0 Å². The highest BCUT2D eigenvalue weighted by Gasteiger charge is 2.00. The van der Waals surface area contributed by atoms with Gasteiger partial charge in [-0.25, -0.2) is 0 Å². The Kier molecular flexibility index (Phi) is 12.6. The van der Waals surface area contributed by atoms with Crippen LogP contribution >= 0.6 is 0 Å². The molecule has 0 heteroatoms. The fraction of sp³-hybridized carbons (Fsp3) is 0.875. The van der Waals surface area contributed by atoms with E-state index in [0.717, 1.165) is 5.92 Å². The Balaban J connectivity index is 3.16. The molecular formula is C16H32. The van der Waals surface area contributed by atoms with E-state index in [1.807, 2.05) is 0 Å². The predicted octanol–water partition coefficient (Wildman–Crippen LogP) is 6.12. The van der Waals surface area contributed by atoms with Gasteiger partial charge in [-0.05, 0) is 25.2 Å². The molecule has 0 saturated heterocycles. The highest BCUT2D eigenvalue weighted by molar-refractivity contribution is 4.81. The van der Waals surface area contributed by atoms with Gasteiger partial charge in [0.1, 0.15) is 0 Å². The van der Waals surface area contributed by atoms with Crippen molar-refractivity contribution >= 4 is 0 Å². The summed E-state index contributed by atoms with van der Waals surface area (Å²) in [5.74, 6) is 0.948. The van der Waals surface area contributed by atoms with Crippen LogP contribution in [0, 0.1) is 5.92 Å². The molecule has 0 aromatic rings. The lowest BCUT2D eigenvalue weighted by Crippen LogP contribution is -1.94. The third kappa shape index (κ3) is 11.8. The molecule has 0 aromatic heterocycles. The van der Waals surface area contributed by atoms with Crippen LogP contribution in [0.4, 0.5) is 0 Å². The smallest absolute Gasteiger partial charge is 0.0351 e. The van der Waals surface area contributed by atoms with Crippen molar-refractivity contribution in [2.75, 3.05) is 0 Å². The fourth-order valence-electron chi connectivity index (χ4n) is 2.01. The van der Waals surface area contributed by atoms with Crippen LogP contribution < -0.4 is 0 Å². The number of hydrogen-bond donors (Lipinski definition) is 0. The van der Waals surface area contributed by atoms with Crippen LogP contribution in [0.5, 0.6) is 0 Å². The predicted molar refractivity (Wildman–Crippen MR) is 75.8 cm³/mol. The molecule has 0 heterocycles. The molecule has 0 aliphatic carbocycles. The highest BCUT2D eigenvalue weighted by Crippen LogP contribution is 2.15. The summed E-state index contributed by atoms with van der Waals surface area (Å²) < 4.78 is 0. The minimum atomic E-state index is 0.948. The Hall–Kier alpha value is -0.260. The molecule has 0 radical (unpaired) electrons. The van der Waals surface area contributed by atoms with Crippen LogP contribution in [0.15, 0.2) is 12.2 Å². The van der Waals surface area contributed by atoms with Crippen molar-refractivity contribution < 1.29 is 0 Å². The first-order chi connectivity index (χ1) is 7.81. The maximum Gasteiger partial charge on any atom is -0.0351 e. The fourth-order valence-corrected chi connectivity index (χ4v) is 2.01. The first-order valence-corrected chi connectivity index (χ1v) is 7.46. The van der Waals surface area contributed by atoms with E-state index in [9.17, 15) is 0 Å². The van der Waals surface area contributed by atoms with E-state index < -0.39 is 0 Å². The van der Waals surface area contributed by atoms with Gasteiger partial charge in [-0.3, -0.25) is 0 Å². The van der Waals surface area contributed by atoms with Crippen LogP contribution in [-0.4, -0.2) is 0 Å². The Morgan fingerprint density at radius 1 is 0.750 bits per heavy atom. The highest BCUT2D eigenvalue weighted by atomic mass is 14.1. The molecule has 0 rings (SSSR count). The summed E-state index contributed by atoms with van der Waals surface area (Å²) in [6.07, 6.45) is 18.4. The molecule has 0 aliphatic heterocycles. The van der Waals surface area contributed by atoms with Crippen molar-refractivity contribution in [1.82, 2.24) is 0 Å². The minimum Gasteiger partial charge on any atom is -0.0885 e. The average Bonchev–Trinajstić information content (AvgIpc) is 2.30. The zero-order chi connectivity index (χ0) is 12.1. The molecule has 0 amide bonds. The largest absolute Gasteiger partial charge is 0.0885 e. The third-order valence-corrected chi connectivity index (χ3v) is 3.26. The Labute approximate surface area is 104 Å². The van der Waals surface area contributed by atoms with Gasteiger partial charge in [0.05, 0.1) is 0 Å². The molecule has 96 valence electrons. The van der Waals surface area contributed by atoms with E-state index >= 15 is 0 Å². The molecule has 0 spiro atoms. The van der Waals surface area contributed by atoms with Gasteiger partial charge >= 0.3 is 0 Å². The first kappa shape index (κ1) is 15.7. The monoisotopic (exact) mass is 224 g/mol. The molecule has 0 nitrogen and oxygen atoms in total. The maximum absolute atomic E-state index is 2.41. The molecule has 0 aromatic carbocycles. The second-order valence-electron chi connectivity index (χ2n) is 5.15. The summed E-state index contributed by atoms with van der Waals surface area (Å²) in [6, 6.07) is 0. The summed E-state index contributed by atoms with van der Waals surface area (Å²) in [6.45, 7) is 6.95. The summed E-state index contributed by atoms with van der Waals surface area (Å²) >= 11 is 0. The van der Waals surface area contributed by atoms with Crippen molar-refractivity contribution in [2.24, 2.45) is 5.92 Å². The molecule has 0 fully saturated rings. The van der Waals surface area contributed by atoms with Gasteiger partial charge in [-0.1, -0.05) is 77.9 Å². The van der Waals surface area contributed by atoms with Gasteiger partial charge < -0.3 is 0 Å². The lowest BCUT2D eigenvalue weighted by Gasteiger charge is -2.09. The lowest BCUT2D eigenvalue weighted by atomic mass is 9.97.